The number of carboxylic acids is 2. The van der Waals surface area contributed by atoms with Gasteiger partial charge in [-0.1, -0.05) is 0 Å². The number of aliphatic carboxylic acids is 2. The van der Waals surface area contributed by atoms with Crippen LogP contribution < -0.4 is 11.5 Å². The second-order valence-electron chi connectivity index (χ2n) is 4.12. The minimum absolute atomic E-state index is 0.224. The molecule has 1 aliphatic carbocycles. The van der Waals surface area contributed by atoms with Crippen LogP contribution in [0, 0.1) is 11.8 Å². The molecule has 0 spiro atoms. The highest BCUT2D eigenvalue weighted by atomic mass is 16.4. The van der Waals surface area contributed by atoms with E-state index in [-0.39, 0.29) is 11.8 Å². The van der Waals surface area contributed by atoms with Crippen LogP contribution in [0.15, 0.2) is 0 Å². The topological polar surface area (TPSA) is 127 Å². The quantitative estimate of drug-likeness (QED) is 0.461. The van der Waals surface area contributed by atoms with Crippen molar-refractivity contribution in [2.75, 3.05) is 0 Å². The lowest BCUT2D eigenvalue weighted by molar-refractivity contribution is -0.140. The third-order valence-electron chi connectivity index (χ3n) is 2.82. The average Bonchev–Trinajstić information content (AvgIpc) is 2.83. The third-order valence-corrected chi connectivity index (χ3v) is 2.82. The van der Waals surface area contributed by atoms with E-state index in [1.807, 2.05) is 0 Å². The molecular formula is C9H16N2O4. The Kier molecular flexibility index (Phi) is 3.65. The highest BCUT2D eigenvalue weighted by Gasteiger charge is 2.40. The summed E-state index contributed by atoms with van der Waals surface area (Å²) in [4.78, 5) is 20.9. The van der Waals surface area contributed by atoms with Crippen molar-refractivity contribution in [3.8, 4) is 0 Å². The van der Waals surface area contributed by atoms with Crippen molar-refractivity contribution >= 4 is 11.9 Å². The summed E-state index contributed by atoms with van der Waals surface area (Å²) in [5.74, 6) is -1.57. The van der Waals surface area contributed by atoms with Crippen LogP contribution in [-0.4, -0.2) is 34.2 Å². The highest BCUT2D eigenvalue weighted by Crippen LogP contribution is 2.44. The highest BCUT2D eigenvalue weighted by molar-refractivity contribution is 5.73. The summed E-state index contributed by atoms with van der Waals surface area (Å²) >= 11 is 0. The lowest BCUT2D eigenvalue weighted by atomic mass is 10.1. The van der Waals surface area contributed by atoms with Crippen LogP contribution in [0.3, 0.4) is 0 Å². The molecule has 0 heterocycles. The van der Waals surface area contributed by atoms with Crippen LogP contribution in [0.4, 0.5) is 0 Å². The monoisotopic (exact) mass is 216 g/mol. The van der Waals surface area contributed by atoms with Gasteiger partial charge in [0.1, 0.15) is 12.1 Å². The number of hydrogen-bond donors (Lipinski definition) is 4. The third kappa shape index (κ3) is 3.49. The van der Waals surface area contributed by atoms with Gasteiger partial charge < -0.3 is 21.7 Å². The van der Waals surface area contributed by atoms with Gasteiger partial charge in [0, 0.05) is 0 Å². The van der Waals surface area contributed by atoms with E-state index in [9.17, 15) is 9.59 Å². The van der Waals surface area contributed by atoms with E-state index in [0.29, 0.717) is 12.8 Å². The van der Waals surface area contributed by atoms with Crippen LogP contribution in [0.2, 0.25) is 0 Å². The lowest BCUT2D eigenvalue weighted by Crippen LogP contribution is -2.32. The molecule has 15 heavy (non-hydrogen) atoms. The van der Waals surface area contributed by atoms with Crippen molar-refractivity contribution < 1.29 is 19.8 Å². The number of hydrogen-bond acceptors (Lipinski definition) is 4. The van der Waals surface area contributed by atoms with E-state index in [2.05, 4.69) is 0 Å². The zero-order valence-corrected chi connectivity index (χ0v) is 8.30. The molecule has 0 aromatic carbocycles. The molecule has 0 aliphatic heterocycles. The van der Waals surface area contributed by atoms with Crippen LogP contribution in [0.25, 0.3) is 0 Å². The summed E-state index contributed by atoms with van der Waals surface area (Å²) in [6.07, 6.45) is 1.65. The number of carboxylic acid groups (broad SMARTS) is 2. The van der Waals surface area contributed by atoms with Crippen molar-refractivity contribution in [1.29, 1.82) is 0 Å². The molecule has 0 saturated heterocycles. The van der Waals surface area contributed by atoms with Gasteiger partial charge in [0.2, 0.25) is 0 Å². The predicted octanol–water partition coefficient (Wildman–Crippen LogP) is -0.773. The predicted molar refractivity (Wildman–Crippen MR) is 52.1 cm³/mol. The summed E-state index contributed by atoms with van der Waals surface area (Å²) in [5.41, 5.74) is 10.7. The molecular weight excluding hydrogens is 200 g/mol. The smallest absolute Gasteiger partial charge is 0.320 e. The van der Waals surface area contributed by atoms with E-state index >= 15 is 0 Å². The van der Waals surface area contributed by atoms with Crippen LogP contribution >= 0.6 is 0 Å². The Morgan fingerprint density at radius 1 is 1.07 bits per heavy atom. The summed E-state index contributed by atoms with van der Waals surface area (Å²) in [6, 6.07) is -1.69. The molecule has 6 heteroatoms. The summed E-state index contributed by atoms with van der Waals surface area (Å²) in [7, 11) is 0. The van der Waals surface area contributed by atoms with Gasteiger partial charge in [0.05, 0.1) is 0 Å². The Bertz CT molecular complexity index is 243. The minimum Gasteiger partial charge on any atom is -0.480 e. The number of nitrogens with two attached hydrogens (primary N) is 2. The van der Waals surface area contributed by atoms with E-state index in [1.165, 1.54) is 0 Å². The van der Waals surface area contributed by atoms with Gasteiger partial charge in [-0.2, -0.15) is 0 Å². The molecule has 86 valence electrons. The first kappa shape index (κ1) is 11.9. The molecule has 1 fully saturated rings. The SMILES string of the molecule is N[C@@H](C[C@H]1C[C@H]1C[C@H](N)C(=O)O)C(=O)O. The van der Waals surface area contributed by atoms with Crippen molar-refractivity contribution in [2.24, 2.45) is 23.3 Å². The van der Waals surface area contributed by atoms with E-state index in [0.717, 1.165) is 6.42 Å². The van der Waals surface area contributed by atoms with Crippen molar-refractivity contribution in [1.82, 2.24) is 0 Å². The fraction of sp³-hybridized carbons (Fsp3) is 0.778. The number of rotatable bonds is 6. The Morgan fingerprint density at radius 2 is 1.40 bits per heavy atom. The molecule has 0 bridgehead atoms. The van der Waals surface area contributed by atoms with Gasteiger partial charge in [-0.3, -0.25) is 9.59 Å². The molecule has 0 radical (unpaired) electrons. The summed E-state index contributed by atoms with van der Waals surface area (Å²) < 4.78 is 0. The maximum absolute atomic E-state index is 10.5. The molecule has 1 saturated carbocycles. The van der Waals surface area contributed by atoms with Gasteiger partial charge in [0.25, 0.3) is 0 Å². The zero-order valence-electron chi connectivity index (χ0n) is 8.30. The Hall–Kier alpha value is -1.14. The Balaban J connectivity index is 2.23. The number of carbonyl (C=O) groups is 2. The molecule has 0 aromatic heterocycles. The van der Waals surface area contributed by atoms with Gasteiger partial charge in [-0.25, -0.2) is 0 Å². The molecule has 1 aliphatic rings. The zero-order chi connectivity index (χ0) is 11.6. The van der Waals surface area contributed by atoms with Crippen molar-refractivity contribution in [3.63, 3.8) is 0 Å². The van der Waals surface area contributed by atoms with Crippen molar-refractivity contribution in [2.45, 2.75) is 31.3 Å². The molecule has 6 nitrogen and oxygen atoms in total. The van der Waals surface area contributed by atoms with Crippen LogP contribution in [0.1, 0.15) is 19.3 Å². The van der Waals surface area contributed by atoms with Crippen molar-refractivity contribution in [3.05, 3.63) is 0 Å². The first-order chi connectivity index (χ1) is 6.91. The summed E-state index contributed by atoms with van der Waals surface area (Å²) in [6.45, 7) is 0. The molecule has 0 amide bonds. The molecule has 0 unspecified atom stereocenters. The van der Waals surface area contributed by atoms with Crippen LogP contribution in [-0.2, 0) is 9.59 Å². The minimum atomic E-state index is -1.01. The standard InChI is InChI=1S/C9H16N2O4/c10-6(8(12)13)2-4-1-5(4)3-7(11)9(14)15/h4-7H,1-3,10-11H2,(H,12,13)(H,14,15)/t4-,5+,6-,7-/m0/s1. The maximum Gasteiger partial charge on any atom is 0.320 e. The molecule has 0 aromatic rings. The largest absolute Gasteiger partial charge is 0.480 e. The second-order valence-corrected chi connectivity index (χ2v) is 4.12. The first-order valence-corrected chi connectivity index (χ1v) is 4.88. The van der Waals surface area contributed by atoms with E-state index < -0.39 is 24.0 Å². The lowest BCUT2D eigenvalue weighted by Gasteiger charge is -2.07. The average molecular weight is 216 g/mol. The van der Waals surface area contributed by atoms with Gasteiger partial charge in [0.15, 0.2) is 0 Å². The molecule has 1 rings (SSSR count). The van der Waals surface area contributed by atoms with Gasteiger partial charge in [-0.05, 0) is 31.1 Å². The van der Waals surface area contributed by atoms with Gasteiger partial charge in [-0.15, -0.1) is 0 Å². The molecule has 6 N–H and O–H groups in total. The normalized spacial score (nSPS) is 28.1. The fourth-order valence-corrected chi connectivity index (χ4v) is 1.74. The Labute approximate surface area is 87.2 Å². The van der Waals surface area contributed by atoms with E-state index in [1.54, 1.807) is 0 Å². The second kappa shape index (κ2) is 4.59. The van der Waals surface area contributed by atoms with E-state index in [4.69, 9.17) is 21.7 Å². The Morgan fingerprint density at radius 3 is 1.67 bits per heavy atom. The fourth-order valence-electron chi connectivity index (χ4n) is 1.74. The summed E-state index contributed by atoms with van der Waals surface area (Å²) in [5, 5.41) is 17.1. The molecule has 4 atom stereocenters. The van der Waals surface area contributed by atoms with Crippen LogP contribution in [0.5, 0.6) is 0 Å². The van der Waals surface area contributed by atoms with Gasteiger partial charge >= 0.3 is 11.9 Å². The first-order valence-electron chi connectivity index (χ1n) is 4.88. The maximum atomic E-state index is 10.5.